The third-order valence-electron chi connectivity index (χ3n) is 2.57. The Kier molecular flexibility index (Phi) is 3.36. The van der Waals surface area contributed by atoms with Crippen molar-refractivity contribution in [1.29, 1.82) is 0 Å². The van der Waals surface area contributed by atoms with E-state index in [9.17, 15) is 4.79 Å². The van der Waals surface area contributed by atoms with Crippen molar-refractivity contribution in [2.24, 2.45) is 0 Å². The van der Waals surface area contributed by atoms with Gasteiger partial charge in [0.1, 0.15) is 0 Å². The van der Waals surface area contributed by atoms with E-state index >= 15 is 0 Å². The van der Waals surface area contributed by atoms with Gasteiger partial charge < -0.3 is 14.5 Å². The topological polar surface area (TPSA) is 76.2 Å². The average Bonchev–Trinajstić information content (AvgIpc) is 2.77. The number of aromatic amines is 1. The van der Waals surface area contributed by atoms with Gasteiger partial charge in [-0.2, -0.15) is 0 Å². The van der Waals surface area contributed by atoms with Crippen LogP contribution in [0.25, 0.3) is 11.0 Å². The van der Waals surface area contributed by atoms with E-state index in [2.05, 4.69) is 15.3 Å². The van der Waals surface area contributed by atoms with Gasteiger partial charge in [-0.25, -0.2) is 4.98 Å². The van der Waals surface area contributed by atoms with E-state index in [4.69, 9.17) is 9.47 Å². The number of carbonyl (C=O) groups is 1. The zero-order valence-corrected chi connectivity index (χ0v) is 10.5. The van der Waals surface area contributed by atoms with E-state index < -0.39 is 0 Å². The average molecular weight is 249 g/mol. The maximum Gasteiger partial charge on any atom is 0.226 e. The highest BCUT2D eigenvalue weighted by atomic mass is 16.5. The van der Waals surface area contributed by atoms with Crippen LogP contribution < -0.4 is 14.8 Å². The Labute approximate surface area is 104 Å². The van der Waals surface area contributed by atoms with Crippen molar-refractivity contribution < 1.29 is 14.3 Å². The maximum atomic E-state index is 11.3. The van der Waals surface area contributed by atoms with Crippen molar-refractivity contribution in [3.8, 4) is 11.5 Å². The Morgan fingerprint density at radius 2 is 2.00 bits per heavy atom. The van der Waals surface area contributed by atoms with E-state index in [1.165, 1.54) is 0 Å². The first-order valence-corrected chi connectivity index (χ1v) is 5.59. The number of amides is 1. The molecule has 0 saturated carbocycles. The van der Waals surface area contributed by atoms with Gasteiger partial charge in [-0.05, 0) is 0 Å². The van der Waals surface area contributed by atoms with Gasteiger partial charge in [-0.1, -0.05) is 6.92 Å². The van der Waals surface area contributed by atoms with Crippen LogP contribution in [0.5, 0.6) is 11.5 Å². The number of nitrogens with zero attached hydrogens (tertiary/aromatic N) is 1. The summed E-state index contributed by atoms with van der Waals surface area (Å²) in [5.74, 6) is 1.55. The lowest BCUT2D eigenvalue weighted by atomic mass is 10.3. The van der Waals surface area contributed by atoms with E-state index in [1.54, 1.807) is 33.3 Å². The molecule has 0 saturated heterocycles. The van der Waals surface area contributed by atoms with Gasteiger partial charge in [0.25, 0.3) is 0 Å². The van der Waals surface area contributed by atoms with Gasteiger partial charge in [-0.15, -0.1) is 0 Å². The molecule has 2 rings (SSSR count). The Bertz CT molecular complexity index is 536. The van der Waals surface area contributed by atoms with Crippen LogP contribution in [-0.4, -0.2) is 30.1 Å². The molecule has 0 aliphatic carbocycles. The molecule has 1 amide bonds. The third-order valence-corrected chi connectivity index (χ3v) is 2.57. The van der Waals surface area contributed by atoms with Crippen LogP contribution in [0.4, 0.5) is 5.95 Å². The Morgan fingerprint density at radius 3 is 2.61 bits per heavy atom. The van der Waals surface area contributed by atoms with Crippen LogP contribution >= 0.6 is 0 Å². The number of carbonyl (C=O) groups excluding carboxylic acids is 1. The molecule has 1 aromatic heterocycles. The highest BCUT2D eigenvalue weighted by Gasteiger charge is 2.10. The molecule has 0 atom stereocenters. The molecule has 6 nitrogen and oxygen atoms in total. The molecule has 2 aromatic rings. The van der Waals surface area contributed by atoms with Crippen molar-refractivity contribution in [3.05, 3.63) is 12.1 Å². The summed E-state index contributed by atoms with van der Waals surface area (Å²) in [6.45, 7) is 1.78. The maximum absolute atomic E-state index is 11.3. The lowest BCUT2D eigenvalue weighted by Gasteiger charge is -2.06. The van der Waals surface area contributed by atoms with Gasteiger partial charge in [-0.3, -0.25) is 10.1 Å². The fourth-order valence-corrected chi connectivity index (χ4v) is 1.62. The number of anilines is 1. The van der Waals surface area contributed by atoms with Crippen molar-refractivity contribution in [1.82, 2.24) is 9.97 Å². The molecule has 0 aliphatic rings. The zero-order chi connectivity index (χ0) is 13.1. The summed E-state index contributed by atoms with van der Waals surface area (Å²) < 4.78 is 10.4. The van der Waals surface area contributed by atoms with E-state index in [0.29, 0.717) is 29.4 Å². The van der Waals surface area contributed by atoms with Crippen molar-refractivity contribution >= 4 is 22.9 Å². The number of H-pyrrole nitrogens is 1. The second kappa shape index (κ2) is 4.95. The highest BCUT2D eigenvalue weighted by molar-refractivity contribution is 5.91. The van der Waals surface area contributed by atoms with Gasteiger partial charge in [0, 0.05) is 18.6 Å². The molecule has 96 valence electrons. The summed E-state index contributed by atoms with van der Waals surface area (Å²) >= 11 is 0. The Balaban J connectivity index is 2.41. The number of imidazole rings is 1. The summed E-state index contributed by atoms with van der Waals surface area (Å²) in [4.78, 5) is 18.6. The van der Waals surface area contributed by atoms with Crippen molar-refractivity contribution in [2.75, 3.05) is 19.5 Å². The molecule has 1 heterocycles. The highest BCUT2D eigenvalue weighted by Crippen LogP contribution is 2.31. The van der Waals surface area contributed by atoms with Gasteiger partial charge in [0.2, 0.25) is 11.9 Å². The largest absolute Gasteiger partial charge is 0.493 e. The first-order chi connectivity index (χ1) is 8.67. The number of methoxy groups -OCH3 is 2. The van der Waals surface area contributed by atoms with Gasteiger partial charge in [0.15, 0.2) is 11.5 Å². The Morgan fingerprint density at radius 1 is 1.33 bits per heavy atom. The smallest absolute Gasteiger partial charge is 0.226 e. The number of ether oxygens (including phenoxy) is 2. The second-order valence-electron chi connectivity index (χ2n) is 3.71. The lowest BCUT2D eigenvalue weighted by molar-refractivity contribution is -0.115. The standard InChI is InChI=1S/C12H15N3O3/c1-4-11(16)15-12-13-7-5-9(17-2)10(18-3)6-8(7)14-12/h5-6H,4H2,1-3H3,(H2,13,14,15,16). The van der Waals surface area contributed by atoms with Crippen LogP contribution in [0.2, 0.25) is 0 Å². The molecule has 18 heavy (non-hydrogen) atoms. The number of rotatable bonds is 4. The minimum Gasteiger partial charge on any atom is -0.493 e. The monoisotopic (exact) mass is 249 g/mol. The molecule has 6 heteroatoms. The number of nitrogens with one attached hydrogen (secondary N) is 2. The number of hydrogen-bond acceptors (Lipinski definition) is 4. The molecule has 0 bridgehead atoms. The Hall–Kier alpha value is -2.24. The van der Waals surface area contributed by atoms with Crippen LogP contribution in [0.15, 0.2) is 12.1 Å². The normalized spacial score (nSPS) is 10.4. The SMILES string of the molecule is CCC(=O)Nc1nc2cc(OC)c(OC)cc2[nH]1. The summed E-state index contributed by atoms with van der Waals surface area (Å²) in [6, 6.07) is 3.54. The molecular formula is C12H15N3O3. The van der Waals surface area contributed by atoms with E-state index in [1.807, 2.05) is 0 Å². The molecule has 1 aromatic carbocycles. The van der Waals surface area contributed by atoms with E-state index in [0.717, 1.165) is 5.52 Å². The molecular weight excluding hydrogens is 234 g/mol. The second-order valence-corrected chi connectivity index (χ2v) is 3.71. The number of benzene rings is 1. The van der Waals surface area contributed by atoms with E-state index in [-0.39, 0.29) is 5.91 Å². The first kappa shape index (κ1) is 12.2. The molecule has 0 aliphatic heterocycles. The number of fused-ring (bicyclic) bond motifs is 1. The molecule has 2 N–H and O–H groups in total. The minimum absolute atomic E-state index is 0.0898. The third kappa shape index (κ3) is 2.22. The summed E-state index contributed by atoms with van der Waals surface area (Å²) in [5, 5.41) is 2.67. The van der Waals surface area contributed by atoms with Crippen LogP contribution in [0, 0.1) is 0 Å². The van der Waals surface area contributed by atoms with Crippen LogP contribution in [-0.2, 0) is 4.79 Å². The predicted octanol–water partition coefficient (Wildman–Crippen LogP) is 1.93. The summed E-state index contributed by atoms with van der Waals surface area (Å²) in [7, 11) is 3.13. The number of aromatic nitrogens is 2. The summed E-state index contributed by atoms with van der Waals surface area (Å²) in [6.07, 6.45) is 0.406. The van der Waals surface area contributed by atoms with Gasteiger partial charge >= 0.3 is 0 Å². The first-order valence-electron chi connectivity index (χ1n) is 5.59. The molecule has 0 unspecified atom stereocenters. The minimum atomic E-state index is -0.0898. The number of hydrogen-bond donors (Lipinski definition) is 2. The fraction of sp³-hybridized carbons (Fsp3) is 0.333. The van der Waals surface area contributed by atoms with Gasteiger partial charge in [0.05, 0.1) is 25.3 Å². The molecule has 0 radical (unpaired) electrons. The predicted molar refractivity (Wildman–Crippen MR) is 68.1 cm³/mol. The molecule has 0 fully saturated rings. The van der Waals surface area contributed by atoms with Crippen LogP contribution in [0.1, 0.15) is 13.3 Å². The lowest BCUT2D eigenvalue weighted by Crippen LogP contribution is -2.10. The van der Waals surface area contributed by atoms with Crippen molar-refractivity contribution in [2.45, 2.75) is 13.3 Å². The molecule has 0 spiro atoms. The quantitative estimate of drug-likeness (QED) is 0.868. The zero-order valence-electron chi connectivity index (χ0n) is 10.5. The van der Waals surface area contributed by atoms with Crippen LogP contribution in [0.3, 0.4) is 0 Å². The fourth-order valence-electron chi connectivity index (χ4n) is 1.62. The summed E-state index contributed by atoms with van der Waals surface area (Å²) in [5.41, 5.74) is 1.48. The van der Waals surface area contributed by atoms with Crippen molar-refractivity contribution in [3.63, 3.8) is 0 Å².